The van der Waals surface area contributed by atoms with Gasteiger partial charge in [-0.3, -0.25) is 24.8 Å². The molecule has 7 nitrogen and oxygen atoms in total. The number of aryl methyl sites for hydroxylation is 1. The minimum atomic E-state index is -0.414. The summed E-state index contributed by atoms with van der Waals surface area (Å²) in [5, 5.41) is 11.1. The van der Waals surface area contributed by atoms with Crippen LogP contribution in [0.15, 0.2) is 59.8 Å². The highest BCUT2D eigenvalue weighted by molar-refractivity contribution is 8.27. The van der Waals surface area contributed by atoms with Gasteiger partial charge < -0.3 is 4.57 Å². The highest BCUT2D eigenvalue weighted by Gasteiger charge is 2.33. The van der Waals surface area contributed by atoms with Gasteiger partial charge >= 0.3 is 0 Å². The second kappa shape index (κ2) is 7.85. The van der Waals surface area contributed by atoms with Crippen molar-refractivity contribution in [1.29, 1.82) is 0 Å². The van der Waals surface area contributed by atoms with E-state index in [0.717, 1.165) is 17.0 Å². The van der Waals surface area contributed by atoms with Crippen molar-refractivity contribution in [3.8, 4) is 5.69 Å². The molecule has 1 saturated heterocycles. The molecular formula is C21H16N4O3S2. The first kappa shape index (κ1) is 20.0. The molecule has 1 amide bonds. The van der Waals surface area contributed by atoms with Crippen LogP contribution in [0.4, 0.5) is 11.4 Å². The molecule has 0 bridgehead atoms. The molecule has 0 aliphatic carbocycles. The Morgan fingerprint density at radius 1 is 1.17 bits per heavy atom. The number of hydrogen-bond acceptors (Lipinski definition) is 6. The van der Waals surface area contributed by atoms with Gasteiger partial charge in [0.15, 0.2) is 4.32 Å². The first-order chi connectivity index (χ1) is 14.4. The summed E-state index contributed by atoms with van der Waals surface area (Å²) in [6, 6.07) is 12.0. The van der Waals surface area contributed by atoms with Crippen molar-refractivity contribution in [2.45, 2.75) is 13.8 Å². The predicted octanol–water partition coefficient (Wildman–Crippen LogP) is 4.80. The Kier molecular flexibility index (Phi) is 5.23. The number of thioether (sulfide) groups is 1. The normalized spacial score (nSPS) is 15.3. The van der Waals surface area contributed by atoms with E-state index in [2.05, 4.69) is 4.98 Å². The lowest BCUT2D eigenvalue weighted by Crippen LogP contribution is -2.27. The number of non-ortho nitro benzene ring substituents is 1. The van der Waals surface area contributed by atoms with Gasteiger partial charge in [-0.1, -0.05) is 30.0 Å². The van der Waals surface area contributed by atoms with Crippen molar-refractivity contribution in [1.82, 2.24) is 9.55 Å². The summed E-state index contributed by atoms with van der Waals surface area (Å²) < 4.78 is 2.38. The summed E-state index contributed by atoms with van der Waals surface area (Å²) >= 11 is 6.64. The number of carbonyl (C=O) groups is 1. The van der Waals surface area contributed by atoms with Gasteiger partial charge in [0.1, 0.15) is 0 Å². The summed E-state index contributed by atoms with van der Waals surface area (Å²) in [7, 11) is 0. The predicted molar refractivity (Wildman–Crippen MR) is 122 cm³/mol. The van der Waals surface area contributed by atoms with E-state index in [9.17, 15) is 14.9 Å². The molecule has 0 saturated carbocycles. The maximum Gasteiger partial charge on any atom is 0.271 e. The van der Waals surface area contributed by atoms with E-state index in [1.165, 1.54) is 28.8 Å². The van der Waals surface area contributed by atoms with E-state index in [1.807, 2.05) is 36.6 Å². The van der Waals surface area contributed by atoms with E-state index in [4.69, 9.17) is 12.2 Å². The van der Waals surface area contributed by atoms with Crippen LogP contribution in [0, 0.1) is 24.0 Å². The molecule has 0 atom stereocenters. The molecule has 1 aliphatic heterocycles. The van der Waals surface area contributed by atoms with Crippen molar-refractivity contribution in [2.75, 3.05) is 4.90 Å². The summed E-state index contributed by atoms with van der Waals surface area (Å²) in [6.45, 7) is 3.84. The fraction of sp³-hybridized carbons (Fsp3) is 0.0952. The van der Waals surface area contributed by atoms with Crippen LogP contribution in [0.25, 0.3) is 11.8 Å². The van der Waals surface area contributed by atoms with Gasteiger partial charge in [0, 0.05) is 29.7 Å². The molecule has 4 rings (SSSR count). The quantitative estimate of drug-likeness (QED) is 0.253. The molecule has 1 fully saturated rings. The smallest absolute Gasteiger partial charge is 0.271 e. The van der Waals surface area contributed by atoms with E-state index in [0.29, 0.717) is 20.6 Å². The molecule has 1 aromatic carbocycles. The average molecular weight is 437 g/mol. The highest BCUT2D eigenvalue weighted by Crippen LogP contribution is 2.36. The van der Waals surface area contributed by atoms with Gasteiger partial charge in [-0.25, -0.2) is 0 Å². The molecule has 3 heterocycles. The minimum Gasteiger partial charge on any atom is -0.318 e. The number of benzene rings is 1. The van der Waals surface area contributed by atoms with Crippen LogP contribution in [0.5, 0.6) is 0 Å². The number of nitro groups is 1. The van der Waals surface area contributed by atoms with E-state index >= 15 is 0 Å². The van der Waals surface area contributed by atoms with Crippen LogP contribution in [0.3, 0.4) is 0 Å². The number of nitrogens with zero attached hydrogens (tertiary/aromatic N) is 4. The second-order valence-corrected chi connectivity index (χ2v) is 8.34. The molecule has 9 heteroatoms. The number of anilines is 1. The number of hydrogen-bond donors (Lipinski definition) is 0. The summed E-state index contributed by atoms with van der Waals surface area (Å²) in [5.41, 5.74) is 3.98. The Morgan fingerprint density at radius 2 is 1.93 bits per heavy atom. The molecule has 2 aromatic heterocycles. The monoisotopic (exact) mass is 436 g/mol. The Bertz CT molecular complexity index is 1220. The lowest BCUT2D eigenvalue weighted by atomic mass is 10.2. The van der Waals surface area contributed by atoms with Crippen LogP contribution >= 0.6 is 24.0 Å². The lowest BCUT2D eigenvalue weighted by molar-refractivity contribution is -0.384. The third-order valence-electron chi connectivity index (χ3n) is 4.75. The van der Waals surface area contributed by atoms with Crippen molar-refractivity contribution < 1.29 is 9.72 Å². The minimum absolute atomic E-state index is 0.0268. The molecule has 3 aromatic rings. The Morgan fingerprint density at radius 3 is 2.63 bits per heavy atom. The second-order valence-electron chi connectivity index (χ2n) is 6.67. The first-order valence-electron chi connectivity index (χ1n) is 8.98. The zero-order chi connectivity index (χ0) is 21.4. The maximum absolute atomic E-state index is 13.0. The molecule has 30 heavy (non-hydrogen) atoms. The van der Waals surface area contributed by atoms with Gasteiger partial charge in [-0.15, -0.1) is 0 Å². The van der Waals surface area contributed by atoms with Crippen LogP contribution in [-0.4, -0.2) is 24.7 Å². The molecular weight excluding hydrogens is 420 g/mol. The molecule has 0 N–H and O–H groups in total. The number of aromatic nitrogens is 2. The van der Waals surface area contributed by atoms with Gasteiger partial charge in [0.2, 0.25) is 0 Å². The van der Waals surface area contributed by atoms with Gasteiger partial charge in [0.05, 0.1) is 27.4 Å². The fourth-order valence-electron chi connectivity index (χ4n) is 3.39. The summed E-state index contributed by atoms with van der Waals surface area (Å²) in [4.78, 5) is 29.7. The third-order valence-corrected chi connectivity index (χ3v) is 6.06. The number of pyridine rings is 1. The largest absolute Gasteiger partial charge is 0.318 e. The number of amides is 1. The molecule has 0 spiro atoms. The SMILES string of the molecule is Cc1cc(/C=C2\SC(=S)N(c3cccnc3)C2=O)c(C)n1-c1cccc([N+](=O)[O-])c1. The van der Waals surface area contributed by atoms with Crippen molar-refractivity contribution in [2.24, 2.45) is 0 Å². The van der Waals surface area contributed by atoms with Crippen molar-refractivity contribution in [3.63, 3.8) is 0 Å². The molecule has 0 radical (unpaired) electrons. The zero-order valence-electron chi connectivity index (χ0n) is 16.1. The average Bonchev–Trinajstić information content (AvgIpc) is 3.17. The Balaban J connectivity index is 1.71. The first-order valence-corrected chi connectivity index (χ1v) is 10.2. The van der Waals surface area contributed by atoms with Gasteiger partial charge in [-0.2, -0.15) is 0 Å². The van der Waals surface area contributed by atoms with E-state index in [1.54, 1.807) is 30.6 Å². The topological polar surface area (TPSA) is 81.3 Å². The standard InChI is InChI=1S/C21H16N4O3S2/c1-13-9-15(14(2)23(13)16-5-3-6-17(11-16)25(27)28)10-19-20(26)24(21(29)30-19)18-7-4-8-22-12-18/h3-12H,1-2H3/b19-10-. The van der Waals surface area contributed by atoms with Crippen LogP contribution in [-0.2, 0) is 4.79 Å². The van der Waals surface area contributed by atoms with E-state index < -0.39 is 4.92 Å². The number of carbonyl (C=O) groups excluding carboxylic acids is 1. The third kappa shape index (κ3) is 3.53. The summed E-state index contributed by atoms with van der Waals surface area (Å²) in [5.74, 6) is -0.196. The van der Waals surface area contributed by atoms with Gasteiger partial charge in [-0.05, 0) is 49.8 Å². The van der Waals surface area contributed by atoms with E-state index in [-0.39, 0.29) is 11.6 Å². The number of thiocarbonyl (C=S) groups is 1. The van der Waals surface area contributed by atoms with Gasteiger partial charge in [0.25, 0.3) is 11.6 Å². The highest BCUT2D eigenvalue weighted by atomic mass is 32.2. The Hall–Kier alpha value is -3.30. The Labute approximate surface area is 182 Å². The van der Waals surface area contributed by atoms with Crippen molar-refractivity contribution in [3.05, 3.63) is 86.8 Å². The fourth-order valence-corrected chi connectivity index (χ4v) is 4.68. The molecule has 1 aliphatic rings. The number of rotatable bonds is 4. The zero-order valence-corrected chi connectivity index (χ0v) is 17.7. The van der Waals surface area contributed by atoms with Crippen LogP contribution in [0.1, 0.15) is 17.0 Å². The van der Waals surface area contributed by atoms with Crippen molar-refractivity contribution >= 4 is 51.7 Å². The summed E-state index contributed by atoms with van der Waals surface area (Å²) in [6.07, 6.45) is 5.05. The number of nitro benzene ring substituents is 1. The van der Waals surface area contributed by atoms with Crippen LogP contribution < -0.4 is 4.90 Å². The molecule has 0 unspecified atom stereocenters. The van der Waals surface area contributed by atoms with Crippen LogP contribution in [0.2, 0.25) is 0 Å². The lowest BCUT2D eigenvalue weighted by Gasteiger charge is -2.13. The maximum atomic E-state index is 13.0. The molecule has 150 valence electrons.